The summed E-state index contributed by atoms with van der Waals surface area (Å²) in [7, 11) is 0. The maximum absolute atomic E-state index is 10.8. The third-order valence-corrected chi connectivity index (χ3v) is 3.00. The summed E-state index contributed by atoms with van der Waals surface area (Å²) in [6.07, 6.45) is 3.16. The van der Waals surface area contributed by atoms with E-state index in [4.69, 9.17) is 5.73 Å². The monoisotopic (exact) mass is 155 g/mol. The van der Waals surface area contributed by atoms with E-state index >= 15 is 0 Å². The van der Waals surface area contributed by atoms with Crippen molar-refractivity contribution in [3.05, 3.63) is 0 Å². The number of nitrogens with two attached hydrogens (primary N) is 1. The van der Waals surface area contributed by atoms with Gasteiger partial charge in [0, 0.05) is 5.92 Å². The fourth-order valence-corrected chi connectivity index (χ4v) is 1.81. The second-order valence-electron chi connectivity index (χ2n) is 3.87. The SMILES string of the molecule is CC1CCC(C(N)=O)CC1C. The van der Waals surface area contributed by atoms with Crippen molar-refractivity contribution < 1.29 is 4.79 Å². The highest BCUT2D eigenvalue weighted by Gasteiger charge is 2.27. The fraction of sp³-hybridized carbons (Fsp3) is 0.889. The van der Waals surface area contributed by atoms with Crippen molar-refractivity contribution in [1.82, 2.24) is 0 Å². The molecule has 64 valence electrons. The fourth-order valence-electron chi connectivity index (χ4n) is 1.81. The Kier molecular flexibility index (Phi) is 2.53. The lowest BCUT2D eigenvalue weighted by molar-refractivity contribution is -0.123. The van der Waals surface area contributed by atoms with Crippen LogP contribution in [0.5, 0.6) is 0 Å². The number of hydrogen-bond donors (Lipinski definition) is 1. The van der Waals surface area contributed by atoms with E-state index in [2.05, 4.69) is 13.8 Å². The number of rotatable bonds is 1. The average Bonchev–Trinajstić information content (AvgIpc) is 1.94. The molecule has 1 aliphatic carbocycles. The molecule has 1 amide bonds. The predicted molar refractivity (Wildman–Crippen MR) is 44.9 cm³/mol. The van der Waals surface area contributed by atoms with Crippen LogP contribution >= 0.6 is 0 Å². The summed E-state index contributed by atoms with van der Waals surface area (Å²) in [6, 6.07) is 0. The van der Waals surface area contributed by atoms with Crippen LogP contribution in [-0.2, 0) is 4.79 Å². The second-order valence-corrected chi connectivity index (χ2v) is 3.87. The zero-order chi connectivity index (χ0) is 8.43. The molecule has 11 heavy (non-hydrogen) atoms. The average molecular weight is 155 g/mol. The number of carbonyl (C=O) groups excluding carboxylic acids is 1. The number of carbonyl (C=O) groups is 1. The van der Waals surface area contributed by atoms with E-state index in [1.165, 1.54) is 0 Å². The molecule has 0 aromatic rings. The maximum atomic E-state index is 10.8. The smallest absolute Gasteiger partial charge is 0.220 e. The summed E-state index contributed by atoms with van der Waals surface area (Å²) in [5.74, 6) is 1.48. The molecule has 3 atom stereocenters. The van der Waals surface area contributed by atoms with E-state index in [9.17, 15) is 4.79 Å². The summed E-state index contributed by atoms with van der Waals surface area (Å²) in [6.45, 7) is 4.46. The number of primary amides is 1. The van der Waals surface area contributed by atoms with Gasteiger partial charge < -0.3 is 5.73 Å². The lowest BCUT2D eigenvalue weighted by atomic mass is 9.76. The second kappa shape index (κ2) is 3.24. The molecule has 1 fully saturated rings. The standard InChI is InChI=1S/C9H17NO/c1-6-3-4-8(9(10)11)5-7(6)2/h6-8H,3-5H2,1-2H3,(H2,10,11). The molecule has 0 aromatic heterocycles. The zero-order valence-electron chi connectivity index (χ0n) is 7.34. The Bertz CT molecular complexity index is 156. The van der Waals surface area contributed by atoms with Crippen LogP contribution in [0.15, 0.2) is 0 Å². The number of amides is 1. The topological polar surface area (TPSA) is 43.1 Å². The van der Waals surface area contributed by atoms with E-state index in [0.29, 0.717) is 5.92 Å². The van der Waals surface area contributed by atoms with Gasteiger partial charge in [-0.05, 0) is 31.1 Å². The molecule has 0 aliphatic heterocycles. The largest absolute Gasteiger partial charge is 0.369 e. The first-order valence-corrected chi connectivity index (χ1v) is 4.40. The Balaban J connectivity index is 2.46. The first-order chi connectivity index (χ1) is 5.11. The van der Waals surface area contributed by atoms with E-state index in [-0.39, 0.29) is 11.8 Å². The van der Waals surface area contributed by atoms with Gasteiger partial charge in [0.1, 0.15) is 0 Å². The minimum atomic E-state index is -0.108. The summed E-state index contributed by atoms with van der Waals surface area (Å²) < 4.78 is 0. The third-order valence-electron chi connectivity index (χ3n) is 3.00. The van der Waals surface area contributed by atoms with Gasteiger partial charge in [0.15, 0.2) is 0 Å². The van der Waals surface area contributed by atoms with Crippen LogP contribution in [0.25, 0.3) is 0 Å². The summed E-state index contributed by atoms with van der Waals surface area (Å²) in [5.41, 5.74) is 5.24. The Morgan fingerprint density at radius 2 is 1.91 bits per heavy atom. The first kappa shape index (κ1) is 8.57. The highest BCUT2D eigenvalue weighted by atomic mass is 16.1. The lowest BCUT2D eigenvalue weighted by Crippen LogP contribution is -2.30. The highest BCUT2D eigenvalue weighted by molar-refractivity contribution is 5.76. The van der Waals surface area contributed by atoms with Crippen molar-refractivity contribution in [1.29, 1.82) is 0 Å². The minimum Gasteiger partial charge on any atom is -0.369 e. The summed E-state index contributed by atoms with van der Waals surface area (Å²) in [4.78, 5) is 10.8. The molecule has 3 unspecified atom stereocenters. The van der Waals surface area contributed by atoms with Crippen LogP contribution in [-0.4, -0.2) is 5.91 Å². The molecule has 0 bridgehead atoms. The normalized spacial score (nSPS) is 38.5. The van der Waals surface area contributed by atoms with Crippen molar-refractivity contribution in [2.45, 2.75) is 33.1 Å². The van der Waals surface area contributed by atoms with Crippen LogP contribution in [0, 0.1) is 17.8 Å². The molecular formula is C9H17NO. The third kappa shape index (κ3) is 1.95. The first-order valence-electron chi connectivity index (χ1n) is 4.40. The molecule has 0 aromatic carbocycles. The van der Waals surface area contributed by atoms with Gasteiger partial charge in [-0.2, -0.15) is 0 Å². The van der Waals surface area contributed by atoms with Crippen molar-refractivity contribution in [2.75, 3.05) is 0 Å². The van der Waals surface area contributed by atoms with Gasteiger partial charge in [0.05, 0.1) is 0 Å². The van der Waals surface area contributed by atoms with Crippen molar-refractivity contribution in [2.24, 2.45) is 23.5 Å². The molecular weight excluding hydrogens is 138 g/mol. The van der Waals surface area contributed by atoms with E-state index < -0.39 is 0 Å². The molecule has 1 rings (SSSR count). The van der Waals surface area contributed by atoms with Crippen LogP contribution < -0.4 is 5.73 Å². The molecule has 0 heterocycles. The van der Waals surface area contributed by atoms with Crippen molar-refractivity contribution >= 4 is 5.91 Å². The van der Waals surface area contributed by atoms with Crippen LogP contribution in [0.1, 0.15) is 33.1 Å². The molecule has 2 heteroatoms. The quantitative estimate of drug-likeness (QED) is 0.613. The molecule has 2 N–H and O–H groups in total. The van der Waals surface area contributed by atoms with Crippen LogP contribution in [0.3, 0.4) is 0 Å². The van der Waals surface area contributed by atoms with E-state index in [1.807, 2.05) is 0 Å². The van der Waals surface area contributed by atoms with Gasteiger partial charge in [-0.25, -0.2) is 0 Å². The Morgan fingerprint density at radius 3 is 2.36 bits per heavy atom. The highest BCUT2D eigenvalue weighted by Crippen LogP contribution is 2.32. The van der Waals surface area contributed by atoms with Gasteiger partial charge in [-0.3, -0.25) is 4.79 Å². The zero-order valence-corrected chi connectivity index (χ0v) is 7.34. The van der Waals surface area contributed by atoms with Gasteiger partial charge in [-0.15, -0.1) is 0 Å². The molecule has 2 nitrogen and oxygen atoms in total. The van der Waals surface area contributed by atoms with Crippen LogP contribution in [0.2, 0.25) is 0 Å². The molecule has 0 radical (unpaired) electrons. The van der Waals surface area contributed by atoms with Crippen molar-refractivity contribution in [3.63, 3.8) is 0 Å². The molecule has 0 spiro atoms. The van der Waals surface area contributed by atoms with Crippen molar-refractivity contribution in [3.8, 4) is 0 Å². The molecule has 1 saturated carbocycles. The van der Waals surface area contributed by atoms with E-state index in [0.717, 1.165) is 25.2 Å². The van der Waals surface area contributed by atoms with Gasteiger partial charge in [0.2, 0.25) is 5.91 Å². The maximum Gasteiger partial charge on any atom is 0.220 e. The molecule has 0 saturated heterocycles. The minimum absolute atomic E-state index is 0.108. The lowest BCUT2D eigenvalue weighted by Gasteiger charge is -2.30. The number of hydrogen-bond acceptors (Lipinski definition) is 1. The predicted octanol–water partition coefficient (Wildman–Crippen LogP) is 1.54. The summed E-state index contributed by atoms with van der Waals surface area (Å²) in [5, 5.41) is 0. The summed E-state index contributed by atoms with van der Waals surface area (Å²) >= 11 is 0. The molecule has 1 aliphatic rings. The van der Waals surface area contributed by atoms with Crippen LogP contribution in [0.4, 0.5) is 0 Å². The van der Waals surface area contributed by atoms with Gasteiger partial charge in [0.25, 0.3) is 0 Å². The Hall–Kier alpha value is -0.530. The van der Waals surface area contributed by atoms with Gasteiger partial charge in [-0.1, -0.05) is 13.8 Å². The Morgan fingerprint density at radius 1 is 1.27 bits per heavy atom. The Labute approximate surface area is 68.2 Å². The van der Waals surface area contributed by atoms with E-state index in [1.54, 1.807) is 0 Å². The van der Waals surface area contributed by atoms with Gasteiger partial charge >= 0.3 is 0 Å².